The fourth-order valence-corrected chi connectivity index (χ4v) is 1.83. The van der Waals surface area contributed by atoms with E-state index in [2.05, 4.69) is 0 Å². The molecule has 2 rings (SSSR count). The molecule has 0 heterocycles. The third-order valence-electron chi connectivity index (χ3n) is 2.49. The zero-order valence-corrected chi connectivity index (χ0v) is 10.2. The van der Waals surface area contributed by atoms with Crippen molar-refractivity contribution in [2.24, 2.45) is 0 Å². The van der Waals surface area contributed by atoms with Crippen LogP contribution in [0.15, 0.2) is 36.4 Å². The van der Waals surface area contributed by atoms with Crippen LogP contribution in [-0.4, -0.2) is 0 Å². The van der Waals surface area contributed by atoms with Gasteiger partial charge in [-0.25, -0.2) is 0 Å². The molecule has 0 nitrogen and oxygen atoms in total. The molecule has 0 fully saturated rings. The van der Waals surface area contributed by atoms with Crippen LogP contribution < -0.4 is 0 Å². The van der Waals surface area contributed by atoms with Crippen LogP contribution in [0.3, 0.4) is 0 Å². The lowest BCUT2D eigenvalue weighted by Crippen LogP contribution is -2.04. The van der Waals surface area contributed by atoms with E-state index >= 15 is 0 Å². The molecular formula is C12H6Cl2F4. The van der Waals surface area contributed by atoms with Gasteiger partial charge in [0.15, 0.2) is 0 Å². The summed E-state index contributed by atoms with van der Waals surface area (Å²) in [5.74, 6) is 0. The number of halogens is 6. The summed E-state index contributed by atoms with van der Waals surface area (Å²) in [5, 5.41) is -6.19. The molecule has 0 aliphatic heterocycles. The molecule has 0 aliphatic carbocycles. The van der Waals surface area contributed by atoms with E-state index in [1.165, 1.54) is 12.1 Å². The molecule has 0 amide bonds. The van der Waals surface area contributed by atoms with Crippen LogP contribution in [0.5, 0.6) is 0 Å². The van der Waals surface area contributed by atoms with E-state index in [0.29, 0.717) is 10.8 Å². The van der Waals surface area contributed by atoms with Gasteiger partial charge in [-0.1, -0.05) is 24.3 Å². The van der Waals surface area contributed by atoms with Crippen LogP contribution >= 0.6 is 23.2 Å². The summed E-state index contributed by atoms with van der Waals surface area (Å²) < 4.78 is 51.5. The first-order valence-electron chi connectivity index (χ1n) is 4.86. The van der Waals surface area contributed by atoms with Crippen molar-refractivity contribution >= 4 is 34.0 Å². The number of hydrogen-bond donors (Lipinski definition) is 0. The summed E-state index contributed by atoms with van der Waals surface area (Å²) in [7, 11) is 0. The highest BCUT2D eigenvalue weighted by Crippen LogP contribution is 2.36. The quantitative estimate of drug-likeness (QED) is 0.513. The summed E-state index contributed by atoms with van der Waals surface area (Å²) in [6.07, 6.45) is 0. The van der Waals surface area contributed by atoms with Crippen LogP contribution in [0.1, 0.15) is 11.1 Å². The fraction of sp³-hybridized carbons (Fsp3) is 0.167. The first kappa shape index (κ1) is 13.4. The summed E-state index contributed by atoms with van der Waals surface area (Å²) in [5.41, 5.74) is -0.774. The minimum atomic E-state index is -3.48. The highest BCUT2D eigenvalue weighted by atomic mass is 35.5. The molecule has 18 heavy (non-hydrogen) atoms. The molecule has 0 bridgehead atoms. The van der Waals surface area contributed by atoms with E-state index < -0.39 is 10.8 Å². The maximum atomic E-state index is 12.9. The zero-order chi connectivity index (χ0) is 13.6. The van der Waals surface area contributed by atoms with Crippen LogP contribution in [-0.2, 0) is 10.8 Å². The molecule has 0 unspecified atom stereocenters. The first-order chi connectivity index (χ1) is 8.18. The van der Waals surface area contributed by atoms with Gasteiger partial charge in [0, 0.05) is 11.1 Å². The predicted octanol–water partition coefficient (Wildman–Crippen LogP) is 5.42. The Morgan fingerprint density at radius 1 is 0.667 bits per heavy atom. The van der Waals surface area contributed by atoms with Crippen molar-refractivity contribution in [2.75, 3.05) is 0 Å². The van der Waals surface area contributed by atoms with Crippen molar-refractivity contribution in [1.82, 2.24) is 0 Å². The molecule has 0 saturated carbocycles. The van der Waals surface area contributed by atoms with Gasteiger partial charge in [-0.3, -0.25) is 0 Å². The van der Waals surface area contributed by atoms with Crippen molar-refractivity contribution in [1.29, 1.82) is 0 Å². The molecule has 0 aromatic heterocycles. The summed E-state index contributed by atoms with van der Waals surface area (Å²) in [6.45, 7) is 0. The molecule has 96 valence electrons. The standard InChI is InChI=1S/C12H6Cl2F4/c13-11(15,16)9-3-1-7-5-10(12(14,17)18)4-2-8(7)6-9/h1-6H. The molecule has 0 atom stereocenters. The SMILES string of the molecule is FC(F)(Cl)c1ccc2cc(C(F)(F)Cl)ccc2c1. The maximum absolute atomic E-state index is 12.9. The lowest BCUT2D eigenvalue weighted by Gasteiger charge is -2.11. The molecular weight excluding hydrogens is 291 g/mol. The van der Waals surface area contributed by atoms with E-state index in [1.54, 1.807) is 0 Å². The maximum Gasteiger partial charge on any atom is 0.348 e. The van der Waals surface area contributed by atoms with Gasteiger partial charge in [-0.15, -0.1) is 0 Å². The van der Waals surface area contributed by atoms with Gasteiger partial charge in [-0.05, 0) is 46.1 Å². The van der Waals surface area contributed by atoms with E-state index in [-0.39, 0.29) is 11.1 Å². The Labute approximate surface area is 110 Å². The van der Waals surface area contributed by atoms with Crippen LogP contribution in [0.2, 0.25) is 0 Å². The van der Waals surface area contributed by atoms with Crippen molar-refractivity contribution in [3.63, 3.8) is 0 Å². The van der Waals surface area contributed by atoms with E-state index in [0.717, 1.165) is 24.3 Å². The van der Waals surface area contributed by atoms with Gasteiger partial charge >= 0.3 is 10.8 Å². The van der Waals surface area contributed by atoms with Crippen molar-refractivity contribution in [3.05, 3.63) is 47.5 Å². The smallest absolute Gasteiger partial charge is 0.183 e. The van der Waals surface area contributed by atoms with Crippen molar-refractivity contribution in [3.8, 4) is 0 Å². The monoisotopic (exact) mass is 296 g/mol. The fourth-order valence-electron chi connectivity index (χ4n) is 1.60. The molecule has 6 heteroatoms. The van der Waals surface area contributed by atoms with E-state index in [9.17, 15) is 17.6 Å². The van der Waals surface area contributed by atoms with Gasteiger partial charge in [0.2, 0.25) is 0 Å². The Morgan fingerprint density at radius 3 is 1.28 bits per heavy atom. The van der Waals surface area contributed by atoms with Crippen LogP contribution in [0.25, 0.3) is 10.8 Å². The molecule has 0 spiro atoms. The second-order valence-electron chi connectivity index (χ2n) is 3.77. The largest absolute Gasteiger partial charge is 0.348 e. The number of alkyl halides is 6. The summed E-state index contributed by atoms with van der Waals surface area (Å²) in [6, 6.07) is 7.08. The predicted molar refractivity (Wildman–Crippen MR) is 63.4 cm³/mol. The van der Waals surface area contributed by atoms with Crippen LogP contribution in [0.4, 0.5) is 17.6 Å². The average molecular weight is 297 g/mol. The van der Waals surface area contributed by atoms with Gasteiger partial charge in [0.25, 0.3) is 0 Å². The van der Waals surface area contributed by atoms with E-state index in [4.69, 9.17) is 23.2 Å². The third kappa shape index (κ3) is 2.70. The van der Waals surface area contributed by atoms with Crippen molar-refractivity contribution in [2.45, 2.75) is 10.8 Å². The Morgan fingerprint density at radius 2 is 1.00 bits per heavy atom. The normalized spacial score (nSPS) is 13.0. The van der Waals surface area contributed by atoms with Gasteiger partial charge < -0.3 is 0 Å². The number of fused-ring (bicyclic) bond motifs is 1. The molecule has 0 radical (unpaired) electrons. The number of hydrogen-bond acceptors (Lipinski definition) is 0. The number of benzene rings is 2. The Hall–Kier alpha value is -1.00. The van der Waals surface area contributed by atoms with Crippen LogP contribution in [0, 0.1) is 0 Å². The van der Waals surface area contributed by atoms with Crippen molar-refractivity contribution < 1.29 is 17.6 Å². The Bertz CT molecular complexity index is 531. The lowest BCUT2D eigenvalue weighted by molar-refractivity contribution is 0.0944. The lowest BCUT2D eigenvalue weighted by atomic mass is 10.0. The average Bonchev–Trinajstić information content (AvgIpc) is 2.25. The molecule has 2 aromatic rings. The molecule has 0 N–H and O–H groups in total. The summed E-state index contributed by atoms with van der Waals surface area (Å²) in [4.78, 5) is 0. The highest BCUT2D eigenvalue weighted by molar-refractivity contribution is 6.22. The Balaban J connectivity index is 2.56. The molecule has 2 aromatic carbocycles. The first-order valence-corrected chi connectivity index (χ1v) is 5.62. The minimum absolute atomic E-state index is 0.387. The van der Waals surface area contributed by atoms with E-state index in [1.807, 2.05) is 0 Å². The van der Waals surface area contributed by atoms with Gasteiger partial charge in [0.1, 0.15) is 0 Å². The minimum Gasteiger partial charge on any atom is -0.183 e. The zero-order valence-electron chi connectivity index (χ0n) is 8.73. The second kappa shape index (κ2) is 4.28. The molecule has 0 aliphatic rings. The Kier molecular flexibility index (Phi) is 3.19. The third-order valence-corrected chi connectivity index (χ3v) is 2.93. The van der Waals surface area contributed by atoms with Gasteiger partial charge in [0.05, 0.1) is 0 Å². The summed E-state index contributed by atoms with van der Waals surface area (Å²) >= 11 is 9.78. The molecule has 0 saturated heterocycles. The highest BCUT2D eigenvalue weighted by Gasteiger charge is 2.29. The topological polar surface area (TPSA) is 0 Å². The van der Waals surface area contributed by atoms with Gasteiger partial charge in [-0.2, -0.15) is 17.6 Å². The number of rotatable bonds is 2. The second-order valence-corrected chi connectivity index (χ2v) is 4.72.